The fraction of sp³-hybridized carbons (Fsp3) is 0.240. The molecule has 8 nitrogen and oxygen atoms in total. The van der Waals surface area contributed by atoms with Crippen molar-refractivity contribution in [2.24, 2.45) is 5.73 Å². The maximum atomic E-state index is 14.5. The van der Waals surface area contributed by atoms with Gasteiger partial charge in [-0.15, -0.1) is 0 Å². The minimum absolute atomic E-state index is 0.0730. The number of hydrogen-bond donors (Lipinski definition) is 1. The van der Waals surface area contributed by atoms with Crippen LogP contribution in [-0.2, 0) is 26.0 Å². The number of carbonyl (C=O) groups excluding carboxylic acids is 1. The van der Waals surface area contributed by atoms with E-state index in [1.807, 2.05) is 0 Å². The first kappa shape index (κ1) is 28.2. The molecule has 2 N–H and O–H groups in total. The van der Waals surface area contributed by atoms with E-state index in [9.17, 15) is 22.0 Å². The van der Waals surface area contributed by atoms with Crippen molar-refractivity contribution in [2.75, 3.05) is 25.1 Å². The lowest BCUT2D eigenvalue weighted by atomic mass is 10.0. The summed E-state index contributed by atoms with van der Waals surface area (Å²) in [6.07, 6.45) is -2.18. The third kappa shape index (κ3) is 5.95. The van der Waals surface area contributed by atoms with Gasteiger partial charge in [0.1, 0.15) is 11.6 Å². The Morgan fingerprint density at radius 3 is 2.24 bits per heavy atom. The maximum Gasteiger partial charge on any atom is 0.268 e. The molecule has 198 valence electrons. The van der Waals surface area contributed by atoms with Crippen LogP contribution in [0.1, 0.15) is 18.1 Å². The Labute approximate surface area is 218 Å². The predicted octanol–water partition coefficient (Wildman–Crippen LogP) is 4.27. The number of anilines is 1. The second-order valence-corrected chi connectivity index (χ2v) is 9.93. The summed E-state index contributed by atoms with van der Waals surface area (Å²) in [5.41, 5.74) is 5.23. The van der Waals surface area contributed by atoms with E-state index in [0.717, 1.165) is 12.1 Å². The average molecular weight is 555 g/mol. The molecule has 0 aromatic heterocycles. The Hall–Kier alpha value is -3.41. The molecule has 1 unspecified atom stereocenters. The van der Waals surface area contributed by atoms with Crippen molar-refractivity contribution in [3.05, 3.63) is 82.4 Å². The van der Waals surface area contributed by atoms with Gasteiger partial charge >= 0.3 is 0 Å². The third-order valence-corrected chi connectivity index (χ3v) is 7.39. The molecule has 37 heavy (non-hydrogen) atoms. The normalized spacial score (nSPS) is 12.2. The zero-order valence-corrected chi connectivity index (χ0v) is 21.8. The van der Waals surface area contributed by atoms with Crippen molar-refractivity contribution < 1.29 is 36.2 Å². The highest BCUT2D eigenvalue weighted by Gasteiger charge is 2.38. The number of ether oxygens (including phenoxy) is 3. The number of nitrogens with two attached hydrogens (primary N) is 1. The van der Waals surface area contributed by atoms with Crippen LogP contribution in [-0.4, -0.2) is 41.4 Å². The number of primary amides is 1. The number of methoxy groups -OCH3 is 2. The Kier molecular flexibility index (Phi) is 8.95. The number of halogens is 3. The summed E-state index contributed by atoms with van der Waals surface area (Å²) in [6.45, 7) is 1.48. The van der Waals surface area contributed by atoms with E-state index in [1.165, 1.54) is 56.7 Å². The van der Waals surface area contributed by atoms with Crippen LogP contribution in [0.4, 0.5) is 14.5 Å². The lowest BCUT2D eigenvalue weighted by Gasteiger charge is -2.32. The van der Waals surface area contributed by atoms with Crippen molar-refractivity contribution in [1.29, 1.82) is 0 Å². The van der Waals surface area contributed by atoms with Gasteiger partial charge in [-0.1, -0.05) is 17.7 Å². The summed E-state index contributed by atoms with van der Waals surface area (Å²) in [7, 11) is -1.87. The maximum absolute atomic E-state index is 14.5. The van der Waals surface area contributed by atoms with Crippen molar-refractivity contribution in [1.82, 2.24) is 0 Å². The van der Waals surface area contributed by atoms with Crippen molar-refractivity contribution in [3.63, 3.8) is 0 Å². The number of nitrogens with zero attached hydrogens (tertiary/aromatic N) is 1. The SMILES string of the molecule is CCOC(C(N)=O)N(c1ccc(Cl)cc1Cc1c(F)cccc1F)S(=O)(=O)c1ccc(OC)c(OC)c1. The van der Waals surface area contributed by atoms with Gasteiger partial charge in [-0.25, -0.2) is 21.5 Å². The highest BCUT2D eigenvalue weighted by atomic mass is 35.5. The molecule has 0 saturated carbocycles. The smallest absolute Gasteiger partial charge is 0.268 e. The number of sulfonamides is 1. The molecule has 1 amide bonds. The largest absolute Gasteiger partial charge is 0.493 e. The first-order chi connectivity index (χ1) is 17.5. The van der Waals surface area contributed by atoms with E-state index in [1.54, 1.807) is 6.92 Å². The Morgan fingerprint density at radius 1 is 1.03 bits per heavy atom. The van der Waals surface area contributed by atoms with Gasteiger partial charge in [0.05, 0.1) is 24.8 Å². The fourth-order valence-electron chi connectivity index (χ4n) is 3.70. The van der Waals surface area contributed by atoms with Crippen LogP contribution in [0.15, 0.2) is 59.5 Å². The quantitative estimate of drug-likeness (QED) is 0.355. The summed E-state index contributed by atoms with van der Waals surface area (Å²) in [4.78, 5) is 12.2. The molecule has 0 saturated heterocycles. The van der Waals surface area contributed by atoms with Crippen LogP contribution >= 0.6 is 11.6 Å². The standard InChI is InChI=1S/C25H25ClF2N2O6S/c1-4-36-25(24(29)31)30(37(32,33)17-9-11-22(34-2)23(14-17)35-3)21-10-8-16(26)12-15(21)13-18-19(27)6-5-7-20(18)28/h5-12,14,25H,4,13H2,1-3H3,(H2,29,31). The monoisotopic (exact) mass is 554 g/mol. The van der Waals surface area contributed by atoms with E-state index in [-0.39, 0.29) is 51.3 Å². The molecular weight excluding hydrogens is 530 g/mol. The van der Waals surface area contributed by atoms with E-state index >= 15 is 0 Å². The molecule has 1 atom stereocenters. The number of amides is 1. The minimum Gasteiger partial charge on any atom is -0.493 e. The average Bonchev–Trinajstić information content (AvgIpc) is 2.86. The van der Waals surface area contributed by atoms with Crippen LogP contribution < -0.4 is 19.5 Å². The number of hydrogen-bond acceptors (Lipinski definition) is 6. The second kappa shape index (κ2) is 11.8. The summed E-state index contributed by atoms with van der Waals surface area (Å²) in [6, 6.07) is 11.2. The van der Waals surface area contributed by atoms with Crippen LogP contribution in [0, 0.1) is 11.6 Å². The number of benzene rings is 3. The third-order valence-electron chi connectivity index (χ3n) is 5.40. The van der Waals surface area contributed by atoms with Gasteiger partial charge < -0.3 is 19.9 Å². The van der Waals surface area contributed by atoms with Gasteiger partial charge in [0.2, 0.25) is 6.23 Å². The van der Waals surface area contributed by atoms with Crippen molar-refractivity contribution in [3.8, 4) is 11.5 Å². The van der Waals surface area contributed by atoms with Crippen molar-refractivity contribution in [2.45, 2.75) is 24.5 Å². The van der Waals surface area contributed by atoms with Crippen molar-refractivity contribution >= 4 is 33.2 Å². The molecular formula is C25H25ClF2N2O6S. The number of rotatable bonds is 11. The van der Waals surface area contributed by atoms with Gasteiger partial charge in [0.25, 0.3) is 15.9 Å². The molecule has 0 bridgehead atoms. The first-order valence-electron chi connectivity index (χ1n) is 10.9. The molecule has 0 radical (unpaired) electrons. The van der Waals surface area contributed by atoms with Gasteiger partial charge in [0, 0.05) is 29.7 Å². The molecule has 3 aromatic carbocycles. The summed E-state index contributed by atoms with van der Waals surface area (Å²) >= 11 is 6.17. The molecule has 0 aliphatic carbocycles. The van der Waals surface area contributed by atoms with Gasteiger partial charge in [-0.2, -0.15) is 0 Å². The predicted molar refractivity (Wildman–Crippen MR) is 134 cm³/mol. The van der Waals surface area contributed by atoms with Crippen LogP contribution in [0.2, 0.25) is 5.02 Å². The van der Waals surface area contributed by atoms with E-state index in [0.29, 0.717) is 4.31 Å². The second-order valence-electron chi connectivity index (χ2n) is 7.68. The highest BCUT2D eigenvalue weighted by molar-refractivity contribution is 7.93. The molecule has 0 fully saturated rings. The van der Waals surface area contributed by atoms with Gasteiger partial charge in [-0.05, 0) is 55.0 Å². The van der Waals surface area contributed by atoms with Gasteiger partial charge in [-0.3, -0.25) is 4.79 Å². The molecule has 3 aromatic rings. The van der Waals surface area contributed by atoms with E-state index in [2.05, 4.69) is 0 Å². The zero-order valence-electron chi connectivity index (χ0n) is 20.2. The lowest BCUT2D eigenvalue weighted by Crippen LogP contribution is -2.50. The van der Waals surface area contributed by atoms with Crippen LogP contribution in [0.3, 0.4) is 0 Å². The van der Waals surface area contributed by atoms with Crippen LogP contribution in [0.25, 0.3) is 0 Å². The van der Waals surface area contributed by atoms with E-state index in [4.69, 9.17) is 31.5 Å². The number of carbonyl (C=O) groups is 1. The Bertz CT molecular complexity index is 1380. The van der Waals surface area contributed by atoms with E-state index < -0.39 is 33.8 Å². The fourth-order valence-corrected chi connectivity index (χ4v) is 5.47. The lowest BCUT2D eigenvalue weighted by molar-refractivity contribution is -0.128. The molecule has 12 heteroatoms. The molecule has 0 heterocycles. The highest BCUT2D eigenvalue weighted by Crippen LogP contribution is 2.36. The first-order valence-corrected chi connectivity index (χ1v) is 12.8. The molecule has 0 aliphatic heterocycles. The van der Waals surface area contributed by atoms with Gasteiger partial charge in [0.15, 0.2) is 11.5 Å². The molecule has 0 aliphatic rings. The topological polar surface area (TPSA) is 108 Å². The summed E-state index contributed by atoms with van der Waals surface area (Å²) in [5, 5.41) is 0.172. The Balaban J connectivity index is 2.29. The minimum atomic E-state index is -4.58. The van der Waals surface area contributed by atoms with Crippen LogP contribution in [0.5, 0.6) is 11.5 Å². The Morgan fingerprint density at radius 2 is 1.68 bits per heavy atom. The molecule has 0 spiro atoms. The summed E-state index contributed by atoms with van der Waals surface area (Å²) in [5.74, 6) is -2.40. The molecule has 3 rings (SSSR count). The summed E-state index contributed by atoms with van der Waals surface area (Å²) < 4.78 is 73.5. The zero-order chi connectivity index (χ0) is 27.3.